The van der Waals surface area contributed by atoms with E-state index < -0.39 is 20.0 Å². The lowest BCUT2D eigenvalue weighted by atomic mass is 10.3. The molecular weight excluding hydrogens is 448 g/mol. The zero-order valence-electron chi connectivity index (χ0n) is 16.8. The van der Waals surface area contributed by atoms with Gasteiger partial charge in [0, 0.05) is 32.2 Å². The third-order valence-electron chi connectivity index (χ3n) is 5.05. The maximum atomic E-state index is 13.2. The summed E-state index contributed by atoms with van der Waals surface area (Å²) < 4.78 is 70.1. The second-order valence-electron chi connectivity index (χ2n) is 6.71. The molecule has 2 heterocycles. The van der Waals surface area contributed by atoms with E-state index in [1.165, 1.54) is 41.0 Å². The molecule has 0 N–H and O–H groups in total. The summed E-state index contributed by atoms with van der Waals surface area (Å²) in [5.41, 5.74) is 0.464. The number of fused-ring (bicyclic) bond motifs is 1. The van der Waals surface area contributed by atoms with Crippen molar-refractivity contribution in [1.82, 2.24) is 18.9 Å². The summed E-state index contributed by atoms with van der Waals surface area (Å²) in [6.07, 6.45) is 0. The van der Waals surface area contributed by atoms with E-state index in [4.69, 9.17) is 9.47 Å². The SMILES string of the molecule is COc1ccc(OC)c(S(=O)(=O)N2CCN(S(=O)(=O)c3cccc4nonc34)CC2)c1. The van der Waals surface area contributed by atoms with Gasteiger partial charge in [0.25, 0.3) is 0 Å². The fourth-order valence-corrected chi connectivity index (χ4v) is 6.56. The molecular formula is C18H20N4O7S2. The van der Waals surface area contributed by atoms with Crippen LogP contribution in [0.25, 0.3) is 11.0 Å². The fraction of sp³-hybridized carbons (Fsp3) is 0.333. The molecule has 1 saturated heterocycles. The van der Waals surface area contributed by atoms with Gasteiger partial charge in [-0.3, -0.25) is 0 Å². The third-order valence-corrected chi connectivity index (χ3v) is 8.90. The van der Waals surface area contributed by atoms with Crippen LogP contribution in [-0.2, 0) is 20.0 Å². The van der Waals surface area contributed by atoms with E-state index in [0.29, 0.717) is 11.3 Å². The number of hydrogen-bond donors (Lipinski definition) is 0. The average molecular weight is 469 g/mol. The number of piperazine rings is 1. The summed E-state index contributed by atoms with van der Waals surface area (Å²) in [4.78, 5) is -0.0684. The van der Waals surface area contributed by atoms with Crippen molar-refractivity contribution in [2.45, 2.75) is 9.79 Å². The third kappa shape index (κ3) is 3.73. The Morgan fingerprint density at radius 3 is 2.10 bits per heavy atom. The molecule has 1 aliphatic rings. The van der Waals surface area contributed by atoms with Crippen molar-refractivity contribution in [3.05, 3.63) is 36.4 Å². The van der Waals surface area contributed by atoms with E-state index in [1.807, 2.05) is 0 Å². The molecule has 0 spiro atoms. The minimum atomic E-state index is -3.93. The zero-order valence-corrected chi connectivity index (χ0v) is 18.4. The highest BCUT2D eigenvalue weighted by Gasteiger charge is 2.36. The van der Waals surface area contributed by atoms with E-state index in [-0.39, 0.29) is 47.2 Å². The summed E-state index contributed by atoms with van der Waals surface area (Å²) in [6, 6.07) is 9.06. The van der Waals surface area contributed by atoms with E-state index in [2.05, 4.69) is 14.9 Å². The lowest BCUT2D eigenvalue weighted by molar-refractivity contribution is 0.272. The van der Waals surface area contributed by atoms with Crippen molar-refractivity contribution in [2.75, 3.05) is 40.4 Å². The first kappa shape index (κ1) is 21.5. The van der Waals surface area contributed by atoms with Gasteiger partial charge in [-0.25, -0.2) is 21.5 Å². The highest BCUT2D eigenvalue weighted by molar-refractivity contribution is 7.89. The normalized spacial score (nSPS) is 16.5. The summed E-state index contributed by atoms with van der Waals surface area (Å²) in [5.74, 6) is 0.552. The quantitative estimate of drug-likeness (QED) is 0.518. The molecule has 11 nitrogen and oxygen atoms in total. The summed E-state index contributed by atoms with van der Waals surface area (Å²) in [7, 11) is -5.02. The summed E-state index contributed by atoms with van der Waals surface area (Å²) in [6.45, 7) is -0.0744. The Balaban J connectivity index is 1.58. The van der Waals surface area contributed by atoms with Crippen molar-refractivity contribution in [3.8, 4) is 11.5 Å². The Labute approximate surface area is 179 Å². The number of benzene rings is 2. The molecule has 0 unspecified atom stereocenters. The van der Waals surface area contributed by atoms with Gasteiger partial charge in [0.1, 0.15) is 26.8 Å². The van der Waals surface area contributed by atoms with E-state index in [1.54, 1.807) is 18.2 Å². The molecule has 1 aromatic heterocycles. The molecule has 166 valence electrons. The monoisotopic (exact) mass is 468 g/mol. The molecule has 0 radical (unpaired) electrons. The maximum absolute atomic E-state index is 13.2. The Morgan fingerprint density at radius 1 is 0.839 bits per heavy atom. The van der Waals surface area contributed by atoms with Gasteiger partial charge in [0.2, 0.25) is 20.0 Å². The van der Waals surface area contributed by atoms with Crippen LogP contribution in [0.2, 0.25) is 0 Å². The molecule has 0 bridgehead atoms. The lowest BCUT2D eigenvalue weighted by Gasteiger charge is -2.33. The fourth-order valence-electron chi connectivity index (χ4n) is 3.40. The van der Waals surface area contributed by atoms with Crippen molar-refractivity contribution >= 4 is 31.1 Å². The first-order valence-electron chi connectivity index (χ1n) is 9.22. The zero-order chi connectivity index (χ0) is 22.2. The standard InChI is InChI=1S/C18H20N4O7S2/c1-27-13-6-7-15(28-2)17(12-13)31(25,26)22-10-8-21(9-11-22)30(23,24)16-5-3-4-14-18(16)20-29-19-14/h3-7,12H,8-11H2,1-2H3. The van der Waals surface area contributed by atoms with E-state index >= 15 is 0 Å². The number of methoxy groups -OCH3 is 2. The van der Waals surface area contributed by atoms with Gasteiger partial charge in [-0.05, 0) is 34.6 Å². The highest BCUT2D eigenvalue weighted by atomic mass is 32.2. The molecule has 0 aliphatic carbocycles. The Morgan fingerprint density at radius 2 is 1.48 bits per heavy atom. The molecule has 3 aromatic rings. The number of aromatic nitrogens is 2. The predicted octanol–water partition coefficient (Wildman–Crippen LogP) is 0.935. The molecule has 0 amide bonds. The topological polar surface area (TPSA) is 132 Å². The highest BCUT2D eigenvalue weighted by Crippen LogP contribution is 2.32. The predicted molar refractivity (Wildman–Crippen MR) is 109 cm³/mol. The van der Waals surface area contributed by atoms with Crippen LogP contribution in [0.15, 0.2) is 50.8 Å². The van der Waals surface area contributed by atoms with Gasteiger partial charge in [-0.2, -0.15) is 8.61 Å². The first-order chi connectivity index (χ1) is 14.8. The number of rotatable bonds is 6. The molecule has 0 saturated carbocycles. The van der Waals surface area contributed by atoms with Gasteiger partial charge in [-0.15, -0.1) is 0 Å². The smallest absolute Gasteiger partial charge is 0.246 e. The van der Waals surface area contributed by atoms with Crippen LogP contribution in [0, 0.1) is 0 Å². The largest absolute Gasteiger partial charge is 0.497 e. The van der Waals surface area contributed by atoms with Crippen LogP contribution in [0.3, 0.4) is 0 Å². The Kier molecular flexibility index (Phi) is 5.60. The summed E-state index contributed by atoms with van der Waals surface area (Å²) >= 11 is 0. The van der Waals surface area contributed by atoms with E-state index in [0.717, 1.165) is 0 Å². The molecule has 0 atom stereocenters. The van der Waals surface area contributed by atoms with Crippen molar-refractivity contribution in [2.24, 2.45) is 0 Å². The number of sulfonamides is 2. The van der Waals surface area contributed by atoms with Gasteiger partial charge in [-0.1, -0.05) is 6.07 Å². The van der Waals surface area contributed by atoms with Crippen LogP contribution in [0.5, 0.6) is 11.5 Å². The van der Waals surface area contributed by atoms with Gasteiger partial charge < -0.3 is 9.47 Å². The van der Waals surface area contributed by atoms with Crippen molar-refractivity contribution < 1.29 is 30.9 Å². The molecule has 1 fully saturated rings. The number of ether oxygens (including phenoxy) is 2. The molecule has 2 aromatic carbocycles. The van der Waals surface area contributed by atoms with Crippen LogP contribution < -0.4 is 9.47 Å². The average Bonchev–Trinajstić information content (AvgIpc) is 3.27. The van der Waals surface area contributed by atoms with Crippen molar-refractivity contribution in [3.63, 3.8) is 0 Å². The minimum Gasteiger partial charge on any atom is -0.497 e. The second-order valence-corrected chi connectivity index (χ2v) is 10.5. The van der Waals surface area contributed by atoms with Gasteiger partial charge in [0.15, 0.2) is 5.52 Å². The molecule has 13 heteroatoms. The van der Waals surface area contributed by atoms with Gasteiger partial charge in [0.05, 0.1) is 14.2 Å². The van der Waals surface area contributed by atoms with E-state index in [9.17, 15) is 16.8 Å². The summed E-state index contributed by atoms with van der Waals surface area (Å²) in [5, 5.41) is 7.35. The van der Waals surface area contributed by atoms with Crippen LogP contribution in [0.1, 0.15) is 0 Å². The van der Waals surface area contributed by atoms with Gasteiger partial charge >= 0.3 is 0 Å². The van der Waals surface area contributed by atoms with Crippen molar-refractivity contribution in [1.29, 1.82) is 0 Å². The second kappa shape index (κ2) is 8.07. The molecule has 31 heavy (non-hydrogen) atoms. The Bertz CT molecular complexity index is 1310. The number of nitrogens with zero attached hydrogens (tertiary/aromatic N) is 4. The first-order valence-corrected chi connectivity index (χ1v) is 12.1. The lowest BCUT2D eigenvalue weighted by Crippen LogP contribution is -2.50. The molecule has 1 aliphatic heterocycles. The van der Waals surface area contributed by atoms with Crippen LogP contribution in [-0.4, -0.2) is 76.2 Å². The molecule has 4 rings (SSSR count). The van der Waals surface area contributed by atoms with Crippen LogP contribution in [0.4, 0.5) is 0 Å². The van der Waals surface area contributed by atoms with Crippen LogP contribution >= 0.6 is 0 Å². The Hall–Kier alpha value is -2.74. The number of hydrogen-bond acceptors (Lipinski definition) is 9. The minimum absolute atomic E-state index is 0.0183. The maximum Gasteiger partial charge on any atom is 0.246 e.